The van der Waals surface area contributed by atoms with E-state index in [0.717, 1.165) is 43.1 Å². The molecule has 0 bridgehead atoms. The largest absolute Gasteiger partial charge is 0.508 e. The minimum absolute atomic E-state index is 0.0311. The van der Waals surface area contributed by atoms with Gasteiger partial charge >= 0.3 is 0 Å². The number of piperazine rings is 1. The van der Waals surface area contributed by atoms with Crippen molar-refractivity contribution in [2.24, 2.45) is 0 Å². The number of nitrogens with zero attached hydrogens (tertiary/aromatic N) is 3. The van der Waals surface area contributed by atoms with Gasteiger partial charge in [0.05, 0.1) is 0 Å². The van der Waals surface area contributed by atoms with Crippen LogP contribution in [0.5, 0.6) is 5.75 Å². The summed E-state index contributed by atoms with van der Waals surface area (Å²) >= 11 is 0. The van der Waals surface area contributed by atoms with Crippen LogP contribution in [0.15, 0.2) is 42.6 Å². The molecule has 0 atom stereocenters. The van der Waals surface area contributed by atoms with E-state index in [1.807, 2.05) is 30.5 Å². The Labute approximate surface area is 154 Å². The molecule has 1 aromatic heterocycles. The van der Waals surface area contributed by atoms with E-state index in [1.54, 1.807) is 12.1 Å². The molecular formula is C20H26N4O2. The predicted octanol–water partition coefficient (Wildman–Crippen LogP) is 1.79. The number of aromatic hydroxyl groups is 1. The highest BCUT2D eigenvalue weighted by atomic mass is 16.3. The number of pyridine rings is 1. The Hall–Kier alpha value is -2.60. The third kappa shape index (κ3) is 4.95. The van der Waals surface area contributed by atoms with Gasteiger partial charge in [-0.15, -0.1) is 0 Å². The third-order valence-corrected chi connectivity index (χ3v) is 4.74. The molecule has 1 saturated heterocycles. The van der Waals surface area contributed by atoms with E-state index >= 15 is 0 Å². The van der Waals surface area contributed by atoms with E-state index in [0.29, 0.717) is 19.4 Å². The highest BCUT2D eigenvalue weighted by Gasteiger charge is 2.15. The fourth-order valence-electron chi connectivity index (χ4n) is 3.00. The van der Waals surface area contributed by atoms with Crippen molar-refractivity contribution in [2.45, 2.75) is 19.4 Å². The maximum Gasteiger partial charge on any atom is 0.220 e. The highest BCUT2D eigenvalue weighted by Crippen LogP contribution is 2.17. The van der Waals surface area contributed by atoms with Crippen LogP contribution in [0.2, 0.25) is 0 Å². The molecule has 0 unspecified atom stereocenters. The van der Waals surface area contributed by atoms with Crippen LogP contribution in [0.25, 0.3) is 0 Å². The summed E-state index contributed by atoms with van der Waals surface area (Å²) in [6.45, 7) is 4.56. The summed E-state index contributed by atoms with van der Waals surface area (Å²) in [6.07, 6.45) is 2.71. The quantitative estimate of drug-likeness (QED) is 0.828. The number of para-hydroxylation sites is 1. The Bertz CT molecular complexity index is 725. The first-order valence-corrected chi connectivity index (χ1v) is 9.04. The van der Waals surface area contributed by atoms with Crippen LogP contribution in [-0.2, 0) is 17.8 Å². The number of phenolic OH excluding ortho intramolecular Hbond substituents is 1. The van der Waals surface area contributed by atoms with Crippen molar-refractivity contribution in [2.75, 3.05) is 38.1 Å². The molecule has 2 heterocycles. The van der Waals surface area contributed by atoms with E-state index in [-0.39, 0.29) is 11.7 Å². The van der Waals surface area contributed by atoms with Gasteiger partial charge in [-0.05, 0) is 36.7 Å². The van der Waals surface area contributed by atoms with E-state index < -0.39 is 0 Å². The van der Waals surface area contributed by atoms with E-state index in [9.17, 15) is 9.90 Å². The zero-order chi connectivity index (χ0) is 18.4. The Kier molecular flexibility index (Phi) is 6.07. The van der Waals surface area contributed by atoms with E-state index in [1.165, 1.54) is 0 Å². The van der Waals surface area contributed by atoms with Gasteiger partial charge in [-0.3, -0.25) is 4.79 Å². The SMILES string of the molecule is CN1CCN(c2ccc(CNC(=O)CCc3ccccc3O)cn2)CC1. The number of aryl methyl sites for hydroxylation is 1. The molecule has 0 aliphatic carbocycles. The molecule has 2 N–H and O–H groups in total. The van der Waals surface area contributed by atoms with Gasteiger partial charge in [0.2, 0.25) is 5.91 Å². The second-order valence-corrected chi connectivity index (χ2v) is 6.72. The van der Waals surface area contributed by atoms with Crippen molar-refractivity contribution in [3.63, 3.8) is 0 Å². The monoisotopic (exact) mass is 354 g/mol. The van der Waals surface area contributed by atoms with Crippen molar-refractivity contribution < 1.29 is 9.90 Å². The minimum Gasteiger partial charge on any atom is -0.508 e. The summed E-state index contributed by atoms with van der Waals surface area (Å²) < 4.78 is 0. The van der Waals surface area contributed by atoms with Crippen LogP contribution in [0.3, 0.4) is 0 Å². The van der Waals surface area contributed by atoms with E-state index in [2.05, 4.69) is 27.1 Å². The zero-order valence-electron chi connectivity index (χ0n) is 15.2. The maximum atomic E-state index is 12.0. The molecular weight excluding hydrogens is 328 g/mol. The average molecular weight is 354 g/mol. The summed E-state index contributed by atoms with van der Waals surface area (Å²) in [4.78, 5) is 21.2. The molecule has 0 spiro atoms. The number of nitrogens with one attached hydrogen (secondary N) is 1. The maximum absolute atomic E-state index is 12.0. The molecule has 1 fully saturated rings. The number of phenols is 1. The first-order valence-electron chi connectivity index (χ1n) is 9.04. The highest BCUT2D eigenvalue weighted by molar-refractivity contribution is 5.76. The van der Waals surface area contributed by atoms with Gasteiger partial charge in [-0.25, -0.2) is 4.98 Å². The summed E-state index contributed by atoms with van der Waals surface area (Å²) in [5.41, 5.74) is 1.78. The number of carbonyl (C=O) groups excluding carboxylic acids is 1. The fraction of sp³-hybridized carbons (Fsp3) is 0.400. The van der Waals surface area contributed by atoms with Crippen LogP contribution in [0.4, 0.5) is 5.82 Å². The number of carbonyl (C=O) groups is 1. The molecule has 0 saturated carbocycles. The van der Waals surface area contributed by atoms with Gasteiger partial charge in [-0.2, -0.15) is 0 Å². The standard InChI is InChI=1S/C20H26N4O2/c1-23-10-12-24(13-11-23)19-8-6-16(14-21-19)15-22-20(26)9-7-17-4-2-3-5-18(17)25/h2-6,8,14,25H,7,9-13,15H2,1H3,(H,22,26). The molecule has 6 heteroatoms. The van der Waals surface area contributed by atoms with Gasteiger partial charge in [0.25, 0.3) is 0 Å². The van der Waals surface area contributed by atoms with Gasteiger partial charge in [0.1, 0.15) is 11.6 Å². The van der Waals surface area contributed by atoms with Crippen LogP contribution in [-0.4, -0.2) is 54.1 Å². The first-order chi connectivity index (χ1) is 12.6. The molecule has 26 heavy (non-hydrogen) atoms. The van der Waals surface area contributed by atoms with Crippen molar-refractivity contribution in [3.05, 3.63) is 53.7 Å². The van der Waals surface area contributed by atoms with Gasteiger partial charge in [0.15, 0.2) is 0 Å². The van der Waals surface area contributed by atoms with Crippen molar-refractivity contribution >= 4 is 11.7 Å². The Morgan fingerprint density at radius 2 is 1.92 bits per heavy atom. The summed E-state index contributed by atoms with van der Waals surface area (Å²) in [5, 5.41) is 12.6. The number of rotatable bonds is 6. The van der Waals surface area contributed by atoms with E-state index in [4.69, 9.17) is 0 Å². The smallest absolute Gasteiger partial charge is 0.220 e. The average Bonchev–Trinajstić information content (AvgIpc) is 2.67. The number of benzene rings is 1. The lowest BCUT2D eigenvalue weighted by Crippen LogP contribution is -2.44. The fourth-order valence-corrected chi connectivity index (χ4v) is 3.00. The lowest BCUT2D eigenvalue weighted by atomic mass is 10.1. The Morgan fingerprint density at radius 1 is 1.15 bits per heavy atom. The Morgan fingerprint density at radius 3 is 2.62 bits per heavy atom. The first kappa shape index (κ1) is 18.2. The van der Waals surface area contributed by atoms with Gasteiger partial charge in [-0.1, -0.05) is 24.3 Å². The van der Waals surface area contributed by atoms with Crippen molar-refractivity contribution in [3.8, 4) is 5.75 Å². The molecule has 138 valence electrons. The number of hydrogen-bond donors (Lipinski definition) is 2. The molecule has 1 aliphatic rings. The van der Waals surface area contributed by atoms with Gasteiger partial charge < -0.3 is 20.2 Å². The van der Waals surface area contributed by atoms with Gasteiger partial charge in [0, 0.05) is 45.3 Å². The summed E-state index contributed by atoms with van der Waals surface area (Å²) in [5.74, 6) is 1.20. The summed E-state index contributed by atoms with van der Waals surface area (Å²) in [6, 6.07) is 11.2. The molecule has 1 aliphatic heterocycles. The number of hydrogen-bond acceptors (Lipinski definition) is 5. The molecule has 3 rings (SSSR count). The topological polar surface area (TPSA) is 68.7 Å². The van der Waals surface area contributed by atoms with Crippen LogP contribution < -0.4 is 10.2 Å². The van der Waals surface area contributed by atoms with Crippen LogP contribution in [0, 0.1) is 0 Å². The summed E-state index contributed by atoms with van der Waals surface area (Å²) in [7, 11) is 2.13. The molecule has 0 radical (unpaired) electrons. The number of likely N-dealkylation sites (N-methyl/N-ethyl adjacent to an activating group) is 1. The number of amides is 1. The lowest BCUT2D eigenvalue weighted by molar-refractivity contribution is -0.121. The second-order valence-electron chi connectivity index (χ2n) is 6.72. The lowest BCUT2D eigenvalue weighted by Gasteiger charge is -2.33. The second kappa shape index (κ2) is 8.67. The third-order valence-electron chi connectivity index (χ3n) is 4.74. The van der Waals surface area contributed by atoms with Crippen LogP contribution in [0.1, 0.15) is 17.5 Å². The van der Waals surface area contributed by atoms with Crippen LogP contribution >= 0.6 is 0 Å². The molecule has 1 aromatic carbocycles. The van der Waals surface area contributed by atoms with Crippen molar-refractivity contribution in [1.29, 1.82) is 0 Å². The zero-order valence-corrected chi connectivity index (χ0v) is 15.2. The predicted molar refractivity (Wildman–Crippen MR) is 102 cm³/mol. The number of anilines is 1. The van der Waals surface area contributed by atoms with Crippen molar-refractivity contribution in [1.82, 2.24) is 15.2 Å². The minimum atomic E-state index is -0.0311. The normalized spacial score (nSPS) is 15.0. The Balaban J connectivity index is 1.44. The molecule has 2 aromatic rings. The number of aromatic nitrogens is 1. The molecule has 1 amide bonds. The molecule has 6 nitrogen and oxygen atoms in total.